The molecule has 0 bridgehead atoms. The molecule has 6 nitrogen and oxygen atoms in total. The Morgan fingerprint density at radius 2 is 2.08 bits per heavy atom. The lowest BCUT2D eigenvalue weighted by Crippen LogP contribution is -2.54. The van der Waals surface area contributed by atoms with Crippen LogP contribution in [0.1, 0.15) is 51.9 Å². The Kier molecular flexibility index (Phi) is 6.17. The summed E-state index contributed by atoms with van der Waals surface area (Å²) >= 11 is 0. The van der Waals surface area contributed by atoms with Gasteiger partial charge in [0.15, 0.2) is 0 Å². The molecule has 25 heavy (non-hydrogen) atoms. The molecule has 0 radical (unpaired) electrons. The average Bonchev–Trinajstić information content (AvgIpc) is 2.62. The van der Waals surface area contributed by atoms with E-state index in [1.165, 1.54) is 5.70 Å². The SMILES string of the molecule is CCC(C(=O)[SH](=O)=O)C1CCN(N2CCC[C@@H](O)C2)C2=CCCCC21. The Morgan fingerprint density at radius 3 is 2.76 bits per heavy atom. The van der Waals surface area contributed by atoms with Gasteiger partial charge in [-0.15, -0.1) is 0 Å². The highest BCUT2D eigenvalue weighted by Gasteiger charge is 2.42. The van der Waals surface area contributed by atoms with Crippen molar-refractivity contribution in [2.45, 2.75) is 58.0 Å². The highest BCUT2D eigenvalue weighted by molar-refractivity contribution is 7.89. The van der Waals surface area contributed by atoms with Gasteiger partial charge in [-0.2, -0.15) is 0 Å². The van der Waals surface area contributed by atoms with Gasteiger partial charge in [-0.25, -0.2) is 13.4 Å². The molecule has 142 valence electrons. The third-order valence-electron chi connectivity index (χ3n) is 6.11. The van der Waals surface area contributed by atoms with Crippen LogP contribution in [0.2, 0.25) is 0 Å². The van der Waals surface area contributed by atoms with E-state index in [2.05, 4.69) is 16.1 Å². The molecule has 3 rings (SSSR count). The first-order valence-electron chi connectivity index (χ1n) is 9.61. The smallest absolute Gasteiger partial charge is 0.247 e. The van der Waals surface area contributed by atoms with E-state index in [0.29, 0.717) is 13.0 Å². The summed E-state index contributed by atoms with van der Waals surface area (Å²) in [7, 11) is -3.00. The first-order valence-corrected chi connectivity index (χ1v) is 10.8. The van der Waals surface area contributed by atoms with Gasteiger partial charge in [0.25, 0.3) is 0 Å². The number of rotatable bonds is 4. The van der Waals surface area contributed by atoms with Crippen molar-refractivity contribution in [1.82, 2.24) is 10.0 Å². The number of nitrogens with zero attached hydrogens (tertiary/aromatic N) is 2. The molecule has 3 aliphatic rings. The maximum Gasteiger partial charge on any atom is 0.247 e. The van der Waals surface area contributed by atoms with Crippen LogP contribution in [0.3, 0.4) is 0 Å². The monoisotopic (exact) mass is 370 g/mol. The van der Waals surface area contributed by atoms with Gasteiger partial charge in [0.2, 0.25) is 15.8 Å². The summed E-state index contributed by atoms with van der Waals surface area (Å²) in [5.41, 5.74) is 1.25. The summed E-state index contributed by atoms with van der Waals surface area (Å²) in [5.74, 6) is -0.0185. The number of piperidine rings is 2. The fraction of sp³-hybridized carbons (Fsp3) is 0.833. The Morgan fingerprint density at radius 1 is 1.28 bits per heavy atom. The van der Waals surface area contributed by atoms with Gasteiger partial charge in [0.1, 0.15) is 0 Å². The fourth-order valence-corrected chi connectivity index (χ4v) is 5.60. The van der Waals surface area contributed by atoms with Crippen molar-refractivity contribution in [3.05, 3.63) is 11.8 Å². The fourth-order valence-electron chi connectivity index (χ4n) is 4.96. The predicted molar refractivity (Wildman–Crippen MR) is 96.2 cm³/mol. The molecule has 2 heterocycles. The summed E-state index contributed by atoms with van der Waals surface area (Å²) in [6.45, 7) is 4.34. The molecule has 0 aromatic rings. The summed E-state index contributed by atoms with van der Waals surface area (Å²) in [4.78, 5) is 12.2. The van der Waals surface area contributed by atoms with E-state index < -0.39 is 15.8 Å². The molecule has 2 saturated heterocycles. The Balaban J connectivity index is 1.82. The number of carbonyl (C=O) groups is 1. The quantitative estimate of drug-likeness (QED) is 0.731. The van der Waals surface area contributed by atoms with E-state index in [1.54, 1.807) is 0 Å². The van der Waals surface area contributed by atoms with Crippen molar-refractivity contribution in [2.24, 2.45) is 17.8 Å². The topological polar surface area (TPSA) is 77.9 Å². The van der Waals surface area contributed by atoms with Crippen LogP contribution in [-0.2, 0) is 15.5 Å². The third kappa shape index (κ3) is 3.93. The van der Waals surface area contributed by atoms with E-state index in [1.807, 2.05) is 6.92 Å². The average molecular weight is 371 g/mol. The minimum Gasteiger partial charge on any atom is -0.392 e. The molecular weight excluding hydrogens is 340 g/mol. The second kappa shape index (κ2) is 8.18. The molecule has 7 heteroatoms. The van der Waals surface area contributed by atoms with E-state index in [-0.39, 0.29) is 23.9 Å². The van der Waals surface area contributed by atoms with Gasteiger partial charge in [0.05, 0.1) is 6.10 Å². The number of aliphatic hydroxyl groups is 1. The van der Waals surface area contributed by atoms with Crippen LogP contribution in [-0.4, -0.2) is 54.4 Å². The van der Waals surface area contributed by atoms with Crippen LogP contribution < -0.4 is 0 Å². The van der Waals surface area contributed by atoms with Crippen LogP contribution >= 0.6 is 0 Å². The number of hydrogen-bond donors (Lipinski definition) is 2. The maximum absolute atomic E-state index is 12.2. The van der Waals surface area contributed by atoms with Crippen LogP contribution in [0.25, 0.3) is 0 Å². The molecule has 0 aromatic carbocycles. The Hall–Kier alpha value is -0.920. The summed E-state index contributed by atoms with van der Waals surface area (Å²) in [6, 6.07) is 0. The summed E-state index contributed by atoms with van der Waals surface area (Å²) in [5, 5.41) is 14.0. The molecule has 2 fully saturated rings. The summed E-state index contributed by atoms with van der Waals surface area (Å²) in [6.07, 6.45) is 8.41. The molecule has 4 atom stereocenters. The highest BCUT2D eigenvalue weighted by atomic mass is 32.2. The number of thiol groups is 1. The Labute approximate surface area is 151 Å². The first-order chi connectivity index (χ1) is 12.0. The zero-order chi connectivity index (χ0) is 18.0. The minimum atomic E-state index is -3.00. The number of β-amino-alcohol motifs (C(OH)–C–C–N with tert-alkyl or cyclic N) is 1. The van der Waals surface area contributed by atoms with Gasteiger partial charge in [-0.05, 0) is 50.9 Å². The normalized spacial score (nSPS) is 32.2. The van der Waals surface area contributed by atoms with E-state index >= 15 is 0 Å². The van der Waals surface area contributed by atoms with Crippen molar-refractivity contribution in [3.8, 4) is 0 Å². The molecule has 0 aromatic heterocycles. The number of allylic oxidation sites excluding steroid dienone is 2. The first kappa shape index (κ1) is 18.9. The van der Waals surface area contributed by atoms with E-state index in [4.69, 9.17) is 0 Å². The zero-order valence-corrected chi connectivity index (χ0v) is 15.9. The maximum atomic E-state index is 12.2. The second-order valence-corrected chi connectivity index (χ2v) is 8.52. The van der Waals surface area contributed by atoms with Crippen LogP contribution in [0, 0.1) is 17.8 Å². The van der Waals surface area contributed by atoms with Crippen molar-refractivity contribution in [2.75, 3.05) is 19.6 Å². The summed E-state index contributed by atoms with van der Waals surface area (Å²) < 4.78 is 22.6. The lowest BCUT2D eigenvalue weighted by atomic mass is 9.71. The molecule has 1 aliphatic carbocycles. The second-order valence-electron chi connectivity index (χ2n) is 7.56. The standard InChI is InChI=1S/C18H30N2O4S/c1-2-14(18(22)25(23)24)15-9-11-20(17-8-4-3-7-16(15)17)19-10-5-6-13(21)12-19/h8,13-16,21,25H,2-7,9-12H2,1H3/t13-,14?,15?,16?/m1/s1. The molecule has 0 saturated carbocycles. The van der Waals surface area contributed by atoms with Gasteiger partial charge in [0, 0.05) is 37.2 Å². The van der Waals surface area contributed by atoms with Crippen molar-refractivity contribution >= 4 is 15.8 Å². The van der Waals surface area contributed by atoms with Gasteiger partial charge in [-0.3, -0.25) is 4.79 Å². The van der Waals surface area contributed by atoms with Crippen LogP contribution in [0.5, 0.6) is 0 Å². The lowest BCUT2D eigenvalue weighted by Gasteiger charge is -2.51. The highest BCUT2D eigenvalue weighted by Crippen LogP contribution is 2.44. The number of carbonyl (C=O) groups excluding carboxylic acids is 1. The number of hydrogen-bond acceptors (Lipinski definition) is 6. The molecule has 2 aliphatic heterocycles. The molecule has 0 amide bonds. The van der Waals surface area contributed by atoms with E-state index in [0.717, 1.165) is 51.6 Å². The van der Waals surface area contributed by atoms with Gasteiger partial charge >= 0.3 is 0 Å². The van der Waals surface area contributed by atoms with Crippen LogP contribution in [0.15, 0.2) is 11.8 Å². The zero-order valence-electron chi connectivity index (χ0n) is 15.0. The van der Waals surface area contributed by atoms with Crippen LogP contribution in [0.4, 0.5) is 0 Å². The molecular formula is C18H30N2O4S. The minimum absolute atomic E-state index is 0.114. The van der Waals surface area contributed by atoms with E-state index in [9.17, 15) is 18.3 Å². The van der Waals surface area contributed by atoms with Crippen molar-refractivity contribution in [3.63, 3.8) is 0 Å². The third-order valence-corrected chi connectivity index (χ3v) is 6.80. The van der Waals surface area contributed by atoms with Crippen molar-refractivity contribution < 1.29 is 18.3 Å². The van der Waals surface area contributed by atoms with Crippen molar-refractivity contribution in [1.29, 1.82) is 0 Å². The predicted octanol–water partition coefficient (Wildman–Crippen LogP) is 1.53. The largest absolute Gasteiger partial charge is 0.392 e. The molecule has 3 unspecified atom stereocenters. The number of hydrazine groups is 1. The Bertz CT molecular complexity index is 596. The van der Waals surface area contributed by atoms with Gasteiger partial charge in [-0.1, -0.05) is 13.0 Å². The number of fused-ring (bicyclic) bond motifs is 1. The van der Waals surface area contributed by atoms with Gasteiger partial charge < -0.3 is 10.1 Å². The molecule has 1 N–H and O–H groups in total. The molecule has 0 spiro atoms. The lowest BCUT2D eigenvalue weighted by molar-refractivity contribution is -0.120. The number of aliphatic hydroxyl groups excluding tert-OH is 1.